The summed E-state index contributed by atoms with van der Waals surface area (Å²) in [5, 5.41) is 3.32. The molecule has 1 aromatic carbocycles. The van der Waals surface area contributed by atoms with Crippen molar-refractivity contribution >= 4 is 17.5 Å². The van der Waals surface area contributed by atoms with Crippen molar-refractivity contribution in [1.29, 1.82) is 0 Å². The largest absolute Gasteiger partial charge is 0.350 e. The van der Waals surface area contributed by atoms with E-state index in [2.05, 4.69) is 15.2 Å². The van der Waals surface area contributed by atoms with Crippen LogP contribution in [0.1, 0.15) is 22.0 Å². The Kier molecular flexibility index (Phi) is 5.31. The highest BCUT2D eigenvalue weighted by Gasteiger charge is 2.16. The SMILES string of the molecule is CN(C)C(CNC(=O)c1cnccc1Cl)c1ccccc1. The van der Waals surface area contributed by atoms with Crippen molar-refractivity contribution in [2.75, 3.05) is 20.6 Å². The highest BCUT2D eigenvalue weighted by atomic mass is 35.5. The fourth-order valence-electron chi connectivity index (χ4n) is 2.10. The number of aromatic nitrogens is 1. The standard InChI is InChI=1S/C16H18ClN3O/c1-20(2)15(12-6-4-3-5-7-12)11-19-16(21)13-10-18-9-8-14(13)17/h3-10,15H,11H2,1-2H3,(H,19,21). The van der Waals surface area contributed by atoms with E-state index in [9.17, 15) is 4.79 Å². The summed E-state index contributed by atoms with van der Waals surface area (Å²) in [6.07, 6.45) is 3.04. The average Bonchev–Trinajstić information content (AvgIpc) is 2.48. The summed E-state index contributed by atoms with van der Waals surface area (Å²) in [6, 6.07) is 11.8. The van der Waals surface area contributed by atoms with Crippen molar-refractivity contribution in [3.05, 3.63) is 64.9 Å². The molecule has 0 aliphatic carbocycles. The lowest BCUT2D eigenvalue weighted by molar-refractivity contribution is 0.0941. The predicted molar refractivity (Wildman–Crippen MR) is 84.5 cm³/mol. The molecule has 1 aromatic heterocycles. The third-order valence-corrected chi connectivity index (χ3v) is 3.61. The molecule has 1 heterocycles. The molecule has 1 amide bonds. The van der Waals surface area contributed by atoms with E-state index in [1.807, 2.05) is 44.4 Å². The number of pyridine rings is 1. The molecule has 1 N–H and O–H groups in total. The van der Waals surface area contributed by atoms with E-state index in [1.54, 1.807) is 12.3 Å². The van der Waals surface area contributed by atoms with Crippen LogP contribution in [0.15, 0.2) is 48.8 Å². The van der Waals surface area contributed by atoms with E-state index in [1.165, 1.54) is 6.20 Å². The van der Waals surface area contributed by atoms with Gasteiger partial charge in [-0.05, 0) is 25.7 Å². The number of nitrogens with one attached hydrogen (secondary N) is 1. The van der Waals surface area contributed by atoms with Gasteiger partial charge in [-0.25, -0.2) is 0 Å². The number of nitrogens with zero attached hydrogens (tertiary/aromatic N) is 2. The minimum absolute atomic E-state index is 0.102. The monoisotopic (exact) mass is 303 g/mol. The number of rotatable bonds is 5. The third kappa shape index (κ3) is 4.03. The molecular weight excluding hydrogens is 286 g/mol. The van der Waals surface area contributed by atoms with Crippen molar-refractivity contribution in [1.82, 2.24) is 15.2 Å². The van der Waals surface area contributed by atoms with Crippen LogP contribution in [0.2, 0.25) is 5.02 Å². The van der Waals surface area contributed by atoms with Gasteiger partial charge in [0.2, 0.25) is 0 Å². The maximum atomic E-state index is 12.2. The molecule has 0 aliphatic rings. The molecule has 0 saturated heterocycles. The normalized spacial score (nSPS) is 12.2. The van der Waals surface area contributed by atoms with Gasteiger partial charge in [-0.2, -0.15) is 0 Å². The second-order valence-corrected chi connectivity index (χ2v) is 5.36. The van der Waals surface area contributed by atoms with E-state index in [-0.39, 0.29) is 11.9 Å². The maximum Gasteiger partial charge on any atom is 0.254 e. The first-order chi connectivity index (χ1) is 10.1. The molecular formula is C16H18ClN3O. The van der Waals surface area contributed by atoms with Gasteiger partial charge < -0.3 is 10.2 Å². The summed E-state index contributed by atoms with van der Waals surface area (Å²) < 4.78 is 0. The lowest BCUT2D eigenvalue weighted by atomic mass is 10.1. The zero-order valence-electron chi connectivity index (χ0n) is 12.1. The van der Waals surface area contributed by atoms with Gasteiger partial charge in [0.25, 0.3) is 5.91 Å². The minimum atomic E-state index is -0.212. The Morgan fingerprint density at radius 2 is 2.00 bits per heavy atom. The molecule has 0 radical (unpaired) electrons. The topological polar surface area (TPSA) is 45.2 Å². The summed E-state index contributed by atoms with van der Waals surface area (Å²) in [5.41, 5.74) is 1.55. The summed E-state index contributed by atoms with van der Waals surface area (Å²) in [7, 11) is 3.97. The van der Waals surface area contributed by atoms with E-state index in [4.69, 9.17) is 11.6 Å². The maximum absolute atomic E-state index is 12.2. The Labute approximate surface area is 129 Å². The van der Waals surface area contributed by atoms with Crippen LogP contribution < -0.4 is 5.32 Å². The van der Waals surface area contributed by atoms with Crippen LogP contribution in [-0.2, 0) is 0 Å². The zero-order chi connectivity index (χ0) is 15.2. The van der Waals surface area contributed by atoms with Crippen molar-refractivity contribution in [3.8, 4) is 0 Å². The Morgan fingerprint density at radius 3 is 2.62 bits per heavy atom. The second-order valence-electron chi connectivity index (χ2n) is 4.96. The predicted octanol–water partition coefficient (Wildman–Crippen LogP) is 2.77. The molecule has 5 heteroatoms. The quantitative estimate of drug-likeness (QED) is 0.924. The van der Waals surface area contributed by atoms with Crippen molar-refractivity contribution in [2.45, 2.75) is 6.04 Å². The van der Waals surface area contributed by atoms with Gasteiger partial charge in [-0.15, -0.1) is 0 Å². The van der Waals surface area contributed by atoms with Crippen LogP contribution in [0, 0.1) is 0 Å². The number of amides is 1. The summed E-state index contributed by atoms with van der Waals surface area (Å²) in [4.78, 5) is 18.2. The van der Waals surface area contributed by atoms with Gasteiger partial charge in [0, 0.05) is 18.9 Å². The summed E-state index contributed by atoms with van der Waals surface area (Å²) in [5.74, 6) is -0.212. The molecule has 0 aliphatic heterocycles. The number of halogens is 1. The van der Waals surface area contributed by atoms with E-state index in [0.717, 1.165) is 5.56 Å². The number of carbonyl (C=O) groups is 1. The van der Waals surface area contributed by atoms with Gasteiger partial charge in [0.1, 0.15) is 0 Å². The Hall–Kier alpha value is -1.91. The Balaban J connectivity index is 2.06. The fraction of sp³-hybridized carbons (Fsp3) is 0.250. The van der Waals surface area contributed by atoms with Crippen molar-refractivity contribution in [2.24, 2.45) is 0 Å². The molecule has 2 rings (SSSR count). The van der Waals surface area contributed by atoms with Crippen molar-refractivity contribution < 1.29 is 4.79 Å². The van der Waals surface area contributed by atoms with E-state index in [0.29, 0.717) is 17.1 Å². The zero-order valence-corrected chi connectivity index (χ0v) is 12.8. The highest BCUT2D eigenvalue weighted by molar-refractivity contribution is 6.33. The first-order valence-electron chi connectivity index (χ1n) is 6.68. The van der Waals surface area contributed by atoms with E-state index < -0.39 is 0 Å². The van der Waals surface area contributed by atoms with Gasteiger partial charge in [0.15, 0.2) is 0 Å². The van der Waals surface area contributed by atoms with Gasteiger partial charge >= 0.3 is 0 Å². The molecule has 0 fully saturated rings. The van der Waals surface area contributed by atoms with Crippen LogP contribution in [0.5, 0.6) is 0 Å². The molecule has 4 nitrogen and oxygen atoms in total. The van der Waals surface area contributed by atoms with Gasteiger partial charge in [-0.1, -0.05) is 41.9 Å². The van der Waals surface area contributed by atoms with Crippen LogP contribution in [0.4, 0.5) is 0 Å². The fourth-order valence-corrected chi connectivity index (χ4v) is 2.29. The molecule has 21 heavy (non-hydrogen) atoms. The lowest BCUT2D eigenvalue weighted by Crippen LogP contribution is -2.34. The average molecular weight is 304 g/mol. The highest BCUT2D eigenvalue weighted by Crippen LogP contribution is 2.18. The van der Waals surface area contributed by atoms with Crippen LogP contribution in [-0.4, -0.2) is 36.4 Å². The Morgan fingerprint density at radius 1 is 1.29 bits per heavy atom. The van der Waals surface area contributed by atoms with Gasteiger partial charge in [-0.3, -0.25) is 9.78 Å². The molecule has 110 valence electrons. The van der Waals surface area contributed by atoms with Crippen LogP contribution in [0.25, 0.3) is 0 Å². The van der Waals surface area contributed by atoms with Gasteiger partial charge in [0.05, 0.1) is 16.6 Å². The summed E-state index contributed by atoms with van der Waals surface area (Å²) >= 11 is 6.00. The Bertz CT molecular complexity index is 601. The lowest BCUT2D eigenvalue weighted by Gasteiger charge is -2.25. The van der Waals surface area contributed by atoms with Crippen LogP contribution >= 0.6 is 11.6 Å². The number of carbonyl (C=O) groups excluding carboxylic acids is 1. The first kappa shape index (κ1) is 15.5. The molecule has 0 spiro atoms. The first-order valence-corrected chi connectivity index (χ1v) is 7.06. The van der Waals surface area contributed by atoms with Crippen molar-refractivity contribution in [3.63, 3.8) is 0 Å². The molecule has 1 atom stereocenters. The molecule has 1 unspecified atom stereocenters. The molecule has 0 saturated carbocycles. The molecule has 0 bridgehead atoms. The van der Waals surface area contributed by atoms with E-state index >= 15 is 0 Å². The third-order valence-electron chi connectivity index (χ3n) is 3.28. The number of hydrogen-bond donors (Lipinski definition) is 1. The number of hydrogen-bond acceptors (Lipinski definition) is 3. The smallest absolute Gasteiger partial charge is 0.254 e. The molecule has 2 aromatic rings. The van der Waals surface area contributed by atoms with Crippen LogP contribution in [0.3, 0.4) is 0 Å². The second kappa shape index (κ2) is 7.20. The number of benzene rings is 1. The summed E-state index contributed by atoms with van der Waals surface area (Å²) in [6.45, 7) is 0.501. The number of likely N-dealkylation sites (N-methyl/N-ethyl adjacent to an activating group) is 1. The minimum Gasteiger partial charge on any atom is -0.350 e.